The largest absolute Gasteiger partial charge is 0.593 e. The van der Waals surface area contributed by atoms with E-state index < -0.39 is 71.8 Å². The smallest absolute Gasteiger partial charge is 0.328 e. The summed E-state index contributed by atoms with van der Waals surface area (Å²) in [5, 5.41) is 20.6. The van der Waals surface area contributed by atoms with Crippen molar-refractivity contribution < 1.29 is 48.4 Å². The Morgan fingerprint density at radius 3 is 1.66 bits per heavy atom. The molecule has 0 heterocycles. The molecule has 0 radical (unpaired) electrons. The monoisotopic (exact) mass is 805 g/mol. The number of ether oxygens (including phenoxy) is 3. The summed E-state index contributed by atoms with van der Waals surface area (Å²) in [7, 11) is 9.25. The van der Waals surface area contributed by atoms with Crippen molar-refractivity contribution in [2.75, 3.05) is 42.4 Å². The first-order chi connectivity index (χ1) is 27.4. The molecule has 14 heteroatoms. The highest BCUT2D eigenvalue weighted by atomic mass is 16.6. The number of nitrogens with zero attached hydrogens (tertiary/aromatic N) is 3. The lowest BCUT2D eigenvalue weighted by molar-refractivity contribution is -0.164. The standard InChI is InChI=1S/C44H60N4O10/c1-11-28(4)39(58-44(55)36(46(5)6)25-31-16-22-34(56-9)23-17-31)40(51)45-38(27(2)3)42(53)47(7)35(24-29-12-18-32(49)19-13-29)41(52)48(8)37(43(54)57-10)26-30-14-20-33(50)21-15-30/h12-23,27-28,35-39,49-50H,11,24-26H2,1-10H3,(H,45,51)/p+1/t28-,35-,36+,37-,38+,39-/m0/s1. The molecular formula is C44H61N4O10+. The zero-order valence-electron chi connectivity index (χ0n) is 35.4. The van der Waals surface area contributed by atoms with Crippen LogP contribution >= 0.6 is 0 Å². The van der Waals surface area contributed by atoms with Crippen LogP contribution < -0.4 is 10.1 Å². The zero-order valence-corrected chi connectivity index (χ0v) is 35.4. The fourth-order valence-corrected chi connectivity index (χ4v) is 6.44. The molecule has 3 rings (SSSR count). The number of carbonyl (C=O) groups excluding carboxylic acids is 5. The van der Waals surface area contributed by atoms with Crippen LogP contribution in [-0.2, 0) is 52.7 Å². The lowest BCUT2D eigenvalue weighted by Crippen LogP contribution is -2.59. The number of phenols is 1. The van der Waals surface area contributed by atoms with E-state index in [1.54, 1.807) is 95.4 Å². The molecule has 3 amide bonds. The van der Waals surface area contributed by atoms with Crippen LogP contribution in [0.15, 0.2) is 72.8 Å². The molecule has 316 valence electrons. The Labute approximate surface area is 342 Å². The van der Waals surface area contributed by atoms with Crippen LogP contribution in [-0.4, -0.2) is 127 Å². The third-order valence-electron chi connectivity index (χ3n) is 10.5. The maximum atomic E-state index is 14.5. The van der Waals surface area contributed by atoms with Crippen LogP contribution in [0.25, 0.3) is 0 Å². The molecule has 0 unspecified atom stereocenters. The molecule has 0 aliphatic carbocycles. The SMILES string of the molecule is CC[C@H](C)[C@H](OC(=O)[C@@H](Cc1ccc(OC)cc1)N(C)C)C(=O)N[C@@H](C(=O)N(C)[C@@H](Cc1ccc(O)cc1)C(=O)N(C)[C@@H](Cc1ccc([OH2+])cc1)C(=O)OC)C(C)C. The second-order valence-electron chi connectivity index (χ2n) is 15.2. The van der Waals surface area contributed by atoms with Gasteiger partial charge in [-0.15, -0.1) is 0 Å². The second-order valence-corrected chi connectivity index (χ2v) is 15.2. The van der Waals surface area contributed by atoms with Gasteiger partial charge in [0.05, 0.1) is 14.2 Å². The summed E-state index contributed by atoms with van der Waals surface area (Å²) in [6, 6.07) is 16.0. The van der Waals surface area contributed by atoms with E-state index in [-0.39, 0.29) is 18.6 Å². The van der Waals surface area contributed by atoms with Gasteiger partial charge in [-0.25, -0.2) is 4.79 Å². The van der Waals surface area contributed by atoms with Gasteiger partial charge in [-0.3, -0.25) is 24.1 Å². The topological polar surface area (TPSA) is 178 Å². The Morgan fingerprint density at radius 2 is 1.17 bits per heavy atom. The minimum atomic E-state index is -1.22. The number of hydrogen-bond acceptors (Lipinski definition) is 10. The van der Waals surface area contributed by atoms with Crippen molar-refractivity contribution >= 4 is 29.7 Å². The molecule has 3 aromatic rings. The minimum Gasteiger partial charge on any atom is -0.593 e. The number of nitrogens with one attached hydrogen (secondary N) is 1. The minimum absolute atomic E-state index is 0.0130. The van der Waals surface area contributed by atoms with Gasteiger partial charge in [-0.05, 0) is 85.9 Å². The first-order valence-electron chi connectivity index (χ1n) is 19.4. The number of amides is 3. The summed E-state index contributed by atoms with van der Waals surface area (Å²) in [5.74, 6) is -2.91. The lowest BCUT2D eigenvalue weighted by Gasteiger charge is -2.36. The van der Waals surface area contributed by atoms with E-state index in [9.17, 15) is 29.1 Å². The zero-order chi connectivity index (χ0) is 43.3. The van der Waals surface area contributed by atoms with Gasteiger partial charge in [0.25, 0.3) is 11.7 Å². The van der Waals surface area contributed by atoms with Gasteiger partial charge in [0.1, 0.15) is 35.7 Å². The number of rotatable bonds is 20. The fraction of sp³-hybridized carbons (Fsp3) is 0.477. The highest BCUT2D eigenvalue weighted by Crippen LogP contribution is 2.22. The molecule has 0 saturated carbocycles. The average molecular weight is 806 g/mol. The Morgan fingerprint density at radius 1 is 0.690 bits per heavy atom. The first-order valence-corrected chi connectivity index (χ1v) is 19.4. The van der Waals surface area contributed by atoms with Gasteiger partial charge in [0.2, 0.25) is 11.8 Å². The quantitative estimate of drug-likeness (QED) is 0.126. The van der Waals surface area contributed by atoms with E-state index in [0.29, 0.717) is 35.5 Å². The van der Waals surface area contributed by atoms with Crippen molar-refractivity contribution in [3.63, 3.8) is 0 Å². The van der Waals surface area contributed by atoms with E-state index in [4.69, 9.17) is 19.3 Å². The van der Waals surface area contributed by atoms with Crippen molar-refractivity contribution in [2.45, 2.75) is 83.6 Å². The second kappa shape index (κ2) is 21.8. The average Bonchev–Trinajstić information content (AvgIpc) is 3.21. The molecule has 14 nitrogen and oxygen atoms in total. The fourth-order valence-electron chi connectivity index (χ4n) is 6.44. The molecular weight excluding hydrogens is 745 g/mol. The summed E-state index contributed by atoms with van der Waals surface area (Å²) >= 11 is 0. The Kier molecular flexibility index (Phi) is 17.5. The summed E-state index contributed by atoms with van der Waals surface area (Å²) < 4.78 is 16.3. The van der Waals surface area contributed by atoms with Gasteiger partial charge in [-0.2, -0.15) is 0 Å². The molecule has 0 fully saturated rings. The van der Waals surface area contributed by atoms with Crippen molar-refractivity contribution in [1.82, 2.24) is 20.0 Å². The maximum Gasteiger partial charge on any atom is 0.328 e. The number of hydrogen-bond donors (Lipinski definition) is 2. The number of phenolic OH excluding ortho intramolecular Hbond substituents is 1. The molecule has 6 atom stereocenters. The summed E-state index contributed by atoms with van der Waals surface area (Å²) in [6.07, 6.45) is -0.295. The molecule has 0 aliphatic rings. The van der Waals surface area contributed by atoms with E-state index in [2.05, 4.69) is 5.32 Å². The highest BCUT2D eigenvalue weighted by Gasteiger charge is 2.40. The number of methoxy groups -OCH3 is 2. The number of carbonyl (C=O) groups is 5. The van der Waals surface area contributed by atoms with Gasteiger partial charge in [-0.1, -0.05) is 52.0 Å². The highest BCUT2D eigenvalue weighted by molar-refractivity contribution is 5.95. The van der Waals surface area contributed by atoms with Crippen LogP contribution in [0.5, 0.6) is 17.2 Å². The molecule has 58 heavy (non-hydrogen) atoms. The number of esters is 2. The van der Waals surface area contributed by atoms with Crippen LogP contribution in [0.3, 0.4) is 0 Å². The third-order valence-corrected chi connectivity index (χ3v) is 10.5. The lowest BCUT2D eigenvalue weighted by atomic mass is 9.96. The van der Waals surface area contributed by atoms with E-state index in [1.807, 2.05) is 19.1 Å². The number of likely N-dealkylation sites (N-methyl/N-ethyl adjacent to an activating group) is 3. The van der Waals surface area contributed by atoms with E-state index >= 15 is 0 Å². The first kappa shape index (κ1) is 46.8. The molecule has 0 spiro atoms. The van der Waals surface area contributed by atoms with Crippen LogP contribution in [0.1, 0.15) is 50.8 Å². The predicted molar refractivity (Wildman–Crippen MR) is 220 cm³/mol. The van der Waals surface area contributed by atoms with Crippen molar-refractivity contribution in [3.8, 4) is 17.2 Å². The van der Waals surface area contributed by atoms with Crippen LogP contribution in [0.2, 0.25) is 0 Å². The molecule has 0 aliphatic heterocycles. The Hall–Kier alpha value is -5.63. The molecule has 3 aromatic carbocycles. The van der Waals surface area contributed by atoms with Crippen LogP contribution in [0.4, 0.5) is 0 Å². The molecule has 4 N–H and O–H groups in total. The van der Waals surface area contributed by atoms with Gasteiger partial charge >= 0.3 is 11.9 Å². The van der Waals surface area contributed by atoms with Crippen LogP contribution in [0, 0.1) is 11.8 Å². The van der Waals surface area contributed by atoms with E-state index in [0.717, 1.165) is 5.56 Å². The van der Waals surface area contributed by atoms with E-state index in [1.165, 1.54) is 43.1 Å². The van der Waals surface area contributed by atoms with Crippen molar-refractivity contribution in [3.05, 3.63) is 89.5 Å². The molecule has 0 saturated heterocycles. The maximum absolute atomic E-state index is 14.5. The number of benzene rings is 3. The van der Waals surface area contributed by atoms with Crippen molar-refractivity contribution in [2.24, 2.45) is 11.8 Å². The molecule has 0 aromatic heterocycles. The van der Waals surface area contributed by atoms with Crippen molar-refractivity contribution in [1.29, 1.82) is 0 Å². The predicted octanol–water partition coefficient (Wildman–Crippen LogP) is 3.72. The summed E-state index contributed by atoms with van der Waals surface area (Å²) in [5.41, 5.74) is 2.20. The normalized spacial score (nSPS) is 14.3. The van der Waals surface area contributed by atoms with Gasteiger partial charge in [0.15, 0.2) is 6.10 Å². The Balaban J connectivity index is 1.92. The molecule has 0 bridgehead atoms. The Bertz CT molecular complexity index is 1820. The number of aromatic hydroxyl groups is 1. The van der Waals surface area contributed by atoms with Gasteiger partial charge in [0, 0.05) is 45.0 Å². The summed E-state index contributed by atoms with van der Waals surface area (Å²) in [4.78, 5) is 74.3. The summed E-state index contributed by atoms with van der Waals surface area (Å²) in [6.45, 7) is 7.19. The van der Waals surface area contributed by atoms with Gasteiger partial charge < -0.3 is 39.5 Å². The third kappa shape index (κ3) is 12.7.